The summed E-state index contributed by atoms with van der Waals surface area (Å²) in [7, 11) is 0. The van der Waals surface area contributed by atoms with E-state index in [0.717, 1.165) is 20.8 Å². The molecule has 0 aliphatic rings. The fourth-order valence-corrected chi connectivity index (χ4v) is 3.93. The van der Waals surface area contributed by atoms with Crippen LogP contribution in [-0.2, 0) is 11.3 Å². The Labute approximate surface area is 156 Å². The first kappa shape index (κ1) is 19.2. The number of carbonyl (C=O) groups excluding carboxylic acids is 1. The van der Waals surface area contributed by atoms with E-state index in [0.29, 0.717) is 6.54 Å². The molecule has 0 bridgehead atoms. The minimum absolute atomic E-state index is 0.115. The molecule has 24 heavy (non-hydrogen) atoms. The van der Waals surface area contributed by atoms with Gasteiger partial charge < -0.3 is 4.90 Å². The largest absolute Gasteiger partial charge is 0.304 e. The van der Waals surface area contributed by atoms with Gasteiger partial charge in [0.25, 0.3) is 0 Å². The first-order chi connectivity index (χ1) is 11.3. The lowest BCUT2D eigenvalue weighted by molar-refractivity contribution is -0.120. The first-order valence-corrected chi connectivity index (χ1v) is 10.0. The summed E-state index contributed by atoms with van der Waals surface area (Å²) in [5, 5.41) is 8.57. The molecule has 1 aromatic heterocycles. The predicted molar refractivity (Wildman–Crippen MR) is 103 cm³/mol. The van der Waals surface area contributed by atoms with E-state index in [4.69, 9.17) is 11.6 Å². The number of para-hydroxylation sites is 1. The third-order valence-electron chi connectivity index (χ3n) is 3.32. The molecule has 0 aliphatic heterocycles. The van der Waals surface area contributed by atoms with Crippen molar-refractivity contribution in [2.24, 2.45) is 5.41 Å². The van der Waals surface area contributed by atoms with Gasteiger partial charge in [-0.25, -0.2) is 0 Å². The second-order valence-electron chi connectivity index (χ2n) is 6.38. The van der Waals surface area contributed by atoms with Gasteiger partial charge in [0.1, 0.15) is 10.4 Å². The Balaban J connectivity index is 2.28. The highest BCUT2D eigenvalue weighted by Crippen LogP contribution is 2.30. The van der Waals surface area contributed by atoms with Gasteiger partial charge in [0.15, 0.2) is 4.34 Å². The number of carbonyl (C=O) groups is 1. The number of hydrogen-bond donors (Lipinski definition) is 0. The molecule has 130 valence electrons. The van der Waals surface area contributed by atoms with Gasteiger partial charge in [-0.3, -0.25) is 4.79 Å². The van der Waals surface area contributed by atoms with Crippen LogP contribution in [0.3, 0.4) is 0 Å². The highest BCUT2D eigenvalue weighted by molar-refractivity contribution is 8.00. The Bertz CT molecular complexity index is 670. The lowest BCUT2D eigenvalue weighted by atomic mass is 9.91. The Morgan fingerprint density at radius 3 is 2.54 bits per heavy atom. The van der Waals surface area contributed by atoms with E-state index in [1.807, 2.05) is 51.1 Å². The molecule has 4 nitrogen and oxygen atoms in total. The lowest BCUT2D eigenvalue weighted by Gasteiger charge is -2.30. The van der Waals surface area contributed by atoms with Gasteiger partial charge in [-0.1, -0.05) is 69.0 Å². The number of benzene rings is 1. The van der Waals surface area contributed by atoms with E-state index in [1.54, 1.807) is 16.7 Å². The zero-order chi connectivity index (χ0) is 17.7. The molecule has 0 spiro atoms. The van der Waals surface area contributed by atoms with Crippen LogP contribution in [0.5, 0.6) is 0 Å². The third-order valence-corrected chi connectivity index (χ3v) is 6.09. The molecule has 0 aliphatic carbocycles. The minimum atomic E-state index is -0.616. The van der Waals surface area contributed by atoms with Crippen LogP contribution in [0.15, 0.2) is 34.7 Å². The number of halogens is 1. The summed E-state index contributed by atoms with van der Waals surface area (Å²) in [6.07, 6.45) is 0. The second-order valence-corrected chi connectivity index (χ2v) is 9.39. The van der Waals surface area contributed by atoms with Crippen LogP contribution in [0.2, 0.25) is 0 Å². The fraction of sp³-hybridized carbons (Fsp3) is 0.471. The summed E-state index contributed by atoms with van der Waals surface area (Å²) in [6, 6.07) is 9.57. The van der Waals surface area contributed by atoms with Gasteiger partial charge >= 0.3 is 0 Å². The molecule has 1 unspecified atom stereocenters. The van der Waals surface area contributed by atoms with E-state index in [2.05, 4.69) is 17.1 Å². The fourth-order valence-electron chi connectivity index (χ4n) is 2.03. The predicted octanol–water partition coefficient (Wildman–Crippen LogP) is 4.84. The van der Waals surface area contributed by atoms with Crippen molar-refractivity contribution >= 4 is 46.3 Å². The van der Waals surface area contributed by atoms with Gasteiger partial charge in [-0.05, 0) is 23.3 Å². The molecule has 0 N–H and O–H groups in total. The van der Waals surface area contributed by atoms with Gasteiger partial charge in [0.2, 0.25) is 5.91 Å². The standard InChI is InChI=1S/C17H22ClN3OS2/c1-5-23-16-20-19-13(24-16)11-21(12-9-7-6-8-10-12)15(22)14(18)17(2,3)4/h6-10,14H,5,11H2,1-4H3. The summed E-state index contributed by atoms with van der Waals surface area (Å²) in [5.74, 6) is 0.833. The first-order valence-electron chi connectivity index (χ1n) is 7.78. The van der Waals surface area contributed by atoms with E-state index >= 15 is 0 Å². The summed E-state index contributed by atoms with van der Waals surface area (Å²) in [5.41, 5.74) is 0.494. The zero-order valence-corrected chi connectivity index (χ0v) is 16.7. The lowest BCUT2D eigenvalue weighted by Crippen LogP contribution is -2.42. The van der Waals surface area contributed by atoms with Crippen molar-refractivity contribution in [3.63, 3.8) is 0 Å². The Morgan fingerprint density at radius 1 is 1.29 bits per heavy atom. The number of anilines is 1. The summed E-state index contributed by atoms with van der Waals surface area (Å²) >= 11 is 9.62. The molecule has 1 heterocycles. The summed E-state index contributed by atoms with van der Waals surface area (Å²) < 4.78 is 0.922. The molecule has 0 saturated carbocycles. The SMILES string of the molecule is CCSc1nnc(CN(C(=O)C(Cl)C(C)(C)C)c2ccccc2)s1. The maximum Gasteiger partial charge on any atom is 0.245 e. The number of rotatable bonds is 6. The van der Waals surface area contributed by atoms with E-state index in [1.165, 1.54) is 11.3 Å². The van der Waals surface area contributed by atoms with Crippen LogP contribution in [0.1, 0.15) is 32.7 Å². The van der Waals surface area contributed by atoms with Crippen LogP contribution in [0.25, 0.3) is 0 Å². The summed E-state index contributed by atoms with van der Waals surface area (Å²) in [4.78, 5) is 14.7. The number of alkyl halides is 1. The molecule has 1 atom stereocenters. The Morgan fingerprint density at radius 2 is 1.96 bits per heavy atom. The summed E-state index contributed by atoms with van der Waals surface area (Å²) in [6.45, 7) is 8.35. The highest BCUT2D eigenvalue weighted by atomic mass is 35.5. The number of nitrogens with zero attached hydrogens (tertiary/aromatic N) is 3. The van der Waals surface area contributed by atoms with Crippen molar-refractivity contribution in [2.75, 3.05) is 10.7 Å². The maximum absolute atomic E-state index is 13.0. The molecule has 1 aromatic carbocycles. The van der Waals surface area contributed by atoms with E-state index < -0.39 is 5.38 Å². The van der Waals surface area contributed by atoms with Crippen LogP contribution >= 0.6 is 34.7 Å². The number of thioether (sulfide) groups is 1. The topological polar surface area (TPSA) is 46.1 Å². The van der Waals surface area contributed by atoms with Crippen molar-refractivity contribution in [1.82, 2.24) is 10.2 Å². The average Bonchev–Trinajstić information content (AvgIpc) is 2.99. The molecule has 0 radical (unpaired) electrons. The van der Waals surface area contributed by atoms with Crippen molar-refractivity contribution in [3.8, 4) is 0 Å². The normalized spacial score (nSPS) is 12.9. The quantitative estimate of drug-likeness (QED) is 0.529. The van der Waals surface area contributed by atoms with Crippen LogP contribution < -0.4 is 4.90 Å². The third kappa shape index (κ3) is 4.94. The highest BCUT2D eigenvalue weighted by Gasteiger charge is 2.33. The van der Waals surface area contributed by atoms with Crippen molar-refractivity contribution < 1.29 is 4.79 Å². The van der Waals surface area contributed by atoms with Crippen LogP contribution in [-0.4, -0.2) is 27.2 Å². The zero-order valence-electron chi connectivity index (χ0n) is 14.3. The Hall–Kier alpha value is -1.11. The van der Waals surface area contributed by atoms with Crippen molar-refractivity contribution in [2.45, 2.75) is 44.0 Å². The molecular formula is C17H22ClN3OS2. The molecule has 0 fully saturated rings. The maximum atomic E-state index is 13.0. The minimum Gasteiger partial charge on any atom is -0.304 e. The van der Waals surface area contributed by atoms with Gasteiger partial charge in [0.05, 0.1) is 6.54 Å². The van der Waals surface area contributed by atoms with Gasteiger partial charge in [0, 0.05) is 5.69 Å². The molecule has 2 rings (SSSR count). The van der Waals surface area contributed by atoms with Crippen LogP contribution in [0.4, 0.5) is 5.69 Å². The monoisotopic (exact) mass is 383 g/mol. The van der Waals surface area contributed by atoms with E-state index in [9.17, 15) is 4.79 Å². The molecule has 2 aromatic rings. The molecule has 0 saturated heterocycles. The van der Waals surface area contributed by atoms with Crippen LogP contribution in [0, 0.1) is 5.41 Å². The second kappa shape index (κ2) is 8.32. The van der Waals surface area contributed by atoms with Crippen molar-refractivity contribution in [1.29, 1.82) is 0 Å². The van der Waals surface area contributed by atoms with Crippen molar-refractivity contribution in [3.05, 3.63) is 35.3 Å². The van der Waals surface area contributed by atoms with Gasteiger partial charge in [-0.2, -0.15) is 0 Å². The average molecular weight is 384 g/mol. The number of aromatic nitrogens is 2. The molecule has 7 heteroatoms. The van der Waals surface area contributed by atoms with Gasteiger partial charge in [-0.15, -0.1) is 21.8 Å². The van der Waals surface area contributed by atoms with E-state index in [-0.39, 0.29) is 11.3 Å². The molecular weight excluding hydrogens is 362 g/mol. The smallest absolute Gasteiger partial charge is 0.245 e. The molecule has 1 amide bonds. The number of amides is 1. The number of hydrogen-bond acceptors (Lipinski definition) is 5. The Kier molecular flexibility index (Phi) is 6.66.